The molecular weight excluding hydrogens is 271 g/mol. The van der Waals surface area contributed by atoms with E-state index < -0.39 is 46.9 Å². The molecule has 1 aliphatic carbocycles. The predicted octanol–water partition coefficient (Wildman–Crippen LogP) is 1.55. The Hall–Kier alpha value is -0.340. The highest BCUT2D eigenvalue weighted by atomic mass is 32.2. The lowest BCUT2D eigenvalue weighted by molar-refractivity contribution is -0.134. The number of aliphatic hydroxyl groups is 1. The second-order valence-corrected chi connectivity index (χ2v) is 6.49. The molecule has 0 aliphatic heterocycles. The summed E-state index contributed by atoms with van der Waals surface area (Å²) in [6.45, 7) is 0. The van der Waals surface area contributed by atoms with E-state index in [2.05, 4.69) is 4.72 Å². The molecule has 0 aromatic heterocycles. The van der Waals surface area contributed by atoms with Gasteiger partial charge in [0, 0.05) is 12.5 Å². The Morgan fingerprint density at radius 2 is 1.83 bits per heavy atom. The normalized spacial score (nSPS) is 26.2. The highest BCUT2D eigenvalue weighted by molar-refractivity contribution is 7.89. The molecule has 0 amide bonds. The van der Waals surface area contributed by atoms with Crippen molar-refractivity contribution in [2.75, 3.05) is 5.75 Å². The zero-order valence-corrected chi connectivity index (χ0v) is 10.7. The SMILES string of the molecule is O=S(=O)(CCCC(F)(F)F)NC1CCCCC1O. The fourth-order valence-electron chi connectivity index (χ4n) is 2.00. The van der Waals surface area contributed by atoms with Crippen molar-refractivity contribution in [1.29, 1.82) is 0 Å². The van der Waals surface area contributed by atoms with Gasteiger partial charge in [-0.25, -0.2) is 13.1 Å². The third-order valence-electron chi connectivity index (χ3n) is 2.93. The van der Waals surface area contributed by atoms with Crippen LogP contribution in [0.25, 0.3) is 0 Å². The first-order valence-electron chi connectivity index (χ1n) is 5.94. The predicted molar refractivity (Wildman–Crippen MR) is 60.5 cm³/mol. The van der Waals surface area contributed by atoms with E-state index in [1.807, 2.05) is 0 Å². The van der Waals surface area contributed by atoms with Crippen LogP contribution in [0.2, 0.25) is 0 Å². The van der Waals surface area contributed by atoms with Crippen LogP contribution in [0.3, 0.4) is 0 Å². The van der Waals surface area contributed by atoms with Crippen molar-refractivity contribution in [3.8, 4) is 0 Å². The van der Waals surface area contributed by atoms with Gasteiger partial charge >= 0.3 is 6.18 Å². The van der Waals surface area contributed by atoms with Crippen LogP contribution in [0.4, 0.5) is 13.2 Å². The molecule has 0 bridgehead atoms. The molecule has 2 unspecified atom stereocenters. The second kappa shape index (κ2) is 6.21. The molecule has 4 nitrogen and oxygen atoms in total. The van der Waals surface area contributed by atoms with E-state index in [1.54, 1.807) is 0 Å². The van der Waals surface area contributed by atoms with Crippen LogP contribution >= 0.6 is 0 Å². The summed E-state index contributed by atoms with van der Waals surface area (Å²) in [6, 6.07) is -0.561. The lowest BCUT2D eigenvalue weighted by Gasteiger charge is -2.28. The minimum Gasteiger partial charge on any atom is -0.391 e. The van der Waals surface area contributed by atoms with Crippen molar-refractivity contribution in [1.82, 2.24) is 4.72 Å². The molecule has 2 atom stereocenters. The molecule has 1 fully saturated rings. The van der Waals surface area contributed by atoms with Crippen LogP contribution in [0.5, 0.6) is 0 Å². The zero-order chi connectivity index (χ0) is 13.8. The Morgan fingerprint density at radius 1 is 1.22 bits per heavy atom. The molecule has 0 aromatic carbocycles. The monoisotopic (exact) mass is 289 g/mol. The van der Waals surface area contributed by atoms with Gasteiger partial charge in [-0.3, -0.25) is 0 Å². The van der Waals surface area contributed by atoms with Gasteiger partial charge in [-0.1, -0.05) is 12.8 Å². The van der Waals surface area contributed by atoms with Crippen molar-refractivity contribution in [2.45, 2.75) is 56.8 Å². The molecule has 1 aliphatic rings. The first kappa shape index (κ1) is 15.7. The van der Waals surface area contributed by atoms with Crippen molar-refractivity contribution in [3.63, 3.8) is 0 Å². The van der Waals surface area contributed by atoms with Crippen molar-refractivity contribution >= 4 is 10.0 Å². The van der Waals surface area contributed by atoms with E-state index in [9.17, 15) is 26.7 Å². The van der Waals surface area contributed by atoms with E-state index in [4.69, 9.17) is 0 Å². The van der Waals surface area contributed by atoms with Crippen LogP contribution in [0.15, 0.2) is 0 Å². The van der Waals surface area contributed by atoms with Crippen LogP contribution in [0, 0.1) is 0 Å². The Kier molecular flexibility index (Phi) is 5.42. The van der Waals surface area contributed by atoms with Gasteiger partial charge in [0.05, 0.1) is 11.9 Å². The first-order valence-corrected chi connectivity index (χ1v) is 7.60. The maximum absolute atomic E-state index is 11.9. The number of hydrogen-bond acceptors (Lipinski definition) is 3. The van der Waals surface area contributed by atoms with Gasteiger partial charge in [0.1, 0.15) is 0 Å². The second-order valence-electron chi connectivity index (χ2n) is 4.61. The summed E-state index contributed by atoms with van der Waals surface area (Å²) < 4.78 is 61.1. The van der Waals surface area contributed by atoms with E-state index >= 15 is 0 Å². The van der Waals surface area contributed by atoms with Gasteiger partial charge < -0.3 is 5.11 Å². The smallest absolute Gasteiger partial charge is 0.389 e. The van der Waals surface area contributed by atoms with E-state index in [-0.39, 0.29) is 0 Å². The summed E-state index contributed by atoms with van der Waals surface area (Å²) >= 11 is 0. The standard InChI is InChI=1S/C10H18F3NO3S/c11-10(12,13)6-3-7-18(16,17)14-8-4-1-2-5-9(8)15/h8-9,14-15H,1-7H2. The summed E-state index contributed by atoms with van der Waals surface area (Å²) in [5.74, 6) is -0.560. The Morgan fingerprint density at radius 3 is 2.39 bits per heavy atom. The van der Waals surface area contributed by atoms with Crippen molar-refractivity contribution < 1.29 is 26.7 Å². The summed E-state index contributed by atoms with van der Waals surface area (Å²) in [6.07, 6.45) is -3.94. The molecule has 0 heterocycles. The number of aliphatic hydroxyl groups excluding tert-OH is 1. The molecule has 0 spiro atoms. The van der Waals surface area contributed by atoms with Crippen LogP contribution < -0.4 is 4.72 Å². The number of sulfonamides is 1. The molecule has 108 valence electrons. The molecule has 1 rings (SSSR count). The van der Waals surface area contributed by atoms with Gasteiger partial charge in [0.25, 0.3) is 0 Å². The minimum absolute atomic E-state index is 0.457. The number of nitrogens with one attached hydrogen (secondary N) is 1. The highest BCUT2D eigenvalue weighted by Gasteiger charge is 2.30. The maximum atomic E-state index is 11.9. The number of rotatable bonds is 5. The number of alkyl halides is 3. The Bertz CT molecular complexity index is 356. The van der Waals surface area contributed by atoms with Crippen molar-refractivity contribution in [3.05, 3.63) is 0 Å². The summed E-state index contributed by atoms with van der Waals surface area (Å²) in [5, 5.41) is 9.58. The molecule has 0 aromatic rings. The topological polar surface area (TPSA) is 66.4 Å². The van der Waals surface area contributed by atoms with Crippen LogP contribution in [0.1, 0.15) is 38.5 Å². The van der Waals surface area contributed by atoms with Gasteiger partial charge in [0.15, 0.2) is 0 Å². The molecule has 0 saturated heterocycles. The van der Waals surface area contributed by atoms with E-state index in [1.165, 1.54) is 0 Å². The third-order valence-corrected chi connectivity index (χ3v) is 4.42. The van der Waals surface area contributed by atoms with Crippen molar-refractivity contribution in [2.24, 2.45) is 0 Å². The molecule has 18 heavy (non-hydrogen) atoms. The maximum Gasteiger partial charge on any atom is 0.389 e. The molecule has 1 saturated carbocycles. The van der Waals surface area contributed by atoms with E-state index in [0.717, 1.165) is 12.8 Å². The van der Waals surface area contributed by atoms with E-state index in [0.29, 0.717) is 12.8 Å². The Balaban J connectivity index is 2.39. The lowest BCUT2D eigenvalue weighted by Crippen LogP contribution is -2.45. The average molecular weight is 289 g/mol. The molecule has 0 radical (unpaired) electrons. The lowest BCUT2D eigenvalue weighted by atomic mass is 9.93. The summed E-state index contributed by atoms with van der Waals surface area (Å²) in [4.78, 5) is 0. The largest absolute Gasteiger partial charge is 0.391 e. The molecule has 2 N–H and O–H groups in total. The summed E-state index contributed by atoms with van der Waals surface area (Å²) in [5.41, 5.74) is 0. The van der Waals surface area contributed by atoms with Gasteiger partial charge in [0.2, 0.25) is 10.0 Å². The van der Waals surface area contributed by atoms with Gasteiger partial charge in [-0.15, -0.1) is 0 Å². The highest BCUT2D eigenvalue weighted by Crippen LogP contribution is 2.22. The first-order chi connectivity index (χ1) is 8.20. The summed E-state index contributed by atoms with van der Waals surface area (Å²) in [7, 11) is -3.75. The Labute approximate surface area is 105 Å². The fourth-order valence-corrected chi connectivity index (χ4v) is 3.38. The quantitative estimate of drug-likeness (QED) is 0.807. The third kappa shape index (κ3) is 6.01. The van der Waals surface area contributed by atoms with Gasteiger partial charge in [-0.05, 0) is 19.3 Å². The number of halogens is 3. The minimum atomic E-state index is -4.33. The average Bonchev–Trinajstić information content (AvgIpc) is 2.18. The molecule has 8 heteroatoms. The zero-order valence-electron chi connectivity index (χ0n) is 9.91. The molecular formula is C10H18F3NO3S. The number of hydrogen-bond donors (Lipinski definition) is 2. The van der Waals surface area contributed by atoms with Crippen LogP contribution in [-0.4, -0.2) is 37.6 Å². The fraction of sp³-hybridized carbons (Fsp3) is 1.00. The van der Waals surface area contributed by atoms with Gasteiger partial charge in [-0.2, -0.15) is 13.2 Å². The van der Waals surface area contributed by atoms with Crippen LogP contribution in [-0.2, 0) is 10.0 Å².